The van der Waals surface area contributed by atoms with E-state index in [-0.39, 0.29) is 11.7 Å². The number of nitrogens with zero attached hydrogens (tertiary/aromatic N) is 2. The third-order valence-corrected chi connectivity index (χ3v) is 3.93. The number of imidazole rings is 1. The molecule has 0 aliphatic rings. The van der Waals surface area contributed by atoms with E-state index in [4.69, 9.17) is 5.73 Å². The molecule has 0 unspecified atom stereocenters. The number of hydrogen-bond donors (Lipinski definition) is 4. The van der Waals surface area contributed by atoms with E-state index >= 15 is 0 Å². The normalized spacial score (nSPS) is 10.8. The summed E-state index contributed by atoms with van der Waals surface area (Å²) in [5.74, 6) is 0.753. The maximum Gasteiger partial charge on any atom is 0.256 e. The van der Waals surface area contributed by atoms with Crippen molar-refractivity contribution in [3.63, 3.8) is 0 Å². The van der Waals surface area contributed by atoms with E-state index in [1.165, 1.54) is 6.07 Å². The highest BCUT2D eigenvalue weighted by molar-refractivity contribution is 6.05. The lowest BCUT2D eigenvalue weighted by Crippen LogP contribution is -2.12. The fourth-order valence-corrected chi connectivity index (χ4v) is 2.65. The summed E-state index contributed by atoms with van der Waals surface area (Å²) in [7, 11) is 0. The van der Waals surface area contributed by atoms with Gasteiger partial charge in [-0.2, -0.15) is 0 Å². The van der Waals surface area contributed by atoms with Crippen LogP contribution in [0.3, 0.4) is 0 Å². The van der Waals surface area contributed by atoms with Gasteiger partial charge in [0.05, 0.1) is 16.6 Å². The fourth-order valence-electron chi connectivity index (χ4n) is 2.65. The number of anilines is 2. The Hall–Kier alpha value is -3.87. The van der Waals surface area contributed by atoms with E-state index in [2.05, 4.69) is 20.3 Å². The molecule has 4 rings (SSSR count). The van der Waals surface area contributed by atoms with Crippen molar-refractivity contribution in [1.29, 1.82) is 0 Å². The minimum absolute atomic E-state index is 0.0391. The predicted molar refractivity (Wildman–Crippen MR) is 99.8 cm³/mol. The molecule has 2 aromatic heterocycles. The topological polar surface area (TPSA) is 117 Å². The Bertz CT molecular complexity index is 1110. The van der Waals surface area contributed by atoms with Gasteiger partial charge in [-0.3, -0.25) is 4.79 Å². The van der Waals surface area contributed by atoms with Gasteiger partial charge in [0, 0.05) is 23.5 Å². The van der Waals surface area contributed by atoms with Crippen LogP contribution in [0.1, 0.15) is 10.4 Å². The van der Waals surface area contributed by atoms with Crippen LogP contribution >= 0.6 is 0 Å². The van der Waals surface area contributed by atoms with Crippen LogP contribution in [0.15, 0.2) is 60.8 Å². The predicted octanol–water partition coefficient (Wildman–Crippen LogP) is 3.17. The standard InChI is InChI=1S/C19H15N5O2/c20-12-5-6-13(16(25)10-12)18-22-14-7-4-11(9-15(14)23-18)19(26)24-17-3-1-2-8-21-17/h1-10,25H,20H2,(H,22,23)(H,21,24,26). The molecule has 2 aromatic carbocycles. The van der Waals surface area contributed by atoms with Crippen LogP contribution in [-0.4, -0.2) is 26.0 Å². The average molecular weight is 345 g/mol. The van der Waals surface area contributed by atoms with Crippen molar-refractivity contribution in [1.82, 2.24) is 15.0 Å². The third-order valence-electron chi connectivity index (χ3n) is 3.93. The van der Waals surface area contributed by atoms with E-state index < -0.39 is 0 Å². The number of carbonyl (C=O) groups excluding carboxylic acids is 1. The van der Waals surface area contributed by atoms with Crippen LogP contribution < -0.4 is 11.1 Å². The monoisotopic (exact) mass is 345 g/mol. The summed E-state index contributed by atoms with van der Waals surface area (Å²) in [5.41, 5.74) is 8.51. The summed E-state index contributed by atoms with van der Waals surface area (Å²) in [6, 6.07) is 15.3. The number of nitrogen functional groups attached to an aromatic ring is 1. The molecule has 1 amide bonds. The molecule has 5 N–H and O–H groups in total. The number of phenols is 1. The highest BCUT2D eigenvalue weighted by atomic mass is 16.3. The summed E-state index contributed by atoms with van der Waals surface area (Å²) < 4.78 is 0. The molecule has 128 valence electrons. The summed E-state index contributed by atoms with van der Waals surface area (Å²) in [5, 5.41) is 12.8. The lowest BCUT2D eigenvalue weighted by molar-refractivity contribution is 0.102. The minimum Gasteiger partial charge on any atom is -0.507 e. The van der Waals surface area contributed by atoms with Crippen molar-refractivity contribution in [2.75, 3.05) is 11.1 Å². The van der Waals surface area contributed by atoms with Gasteiger partial charge in [-0.1, -0.05) is 6.07 Å². The van der Waals surface area contributed by atoms with Crippen molar-refractivity contribution in [2.24, 2.45) is 0 Å². The first kappa shape index (κ1) is 15.6. The maximum atomic E-state index is 12.4. The average Bonchev–Trinajstić information content (AvgIpc) is 3.05. The second-order valence-electron chi connectivity index (χ2n) is 5.76. The number of amides is 1. The van der Waals surface area contributed by atoms with Crippen molar-refractivity contribution < 1.29 is 9.90 Å². The van der Waals surface area contributed by atoms with Gasteiger partial charge < -0.3 is 21.1 Å². The number of fused-ring (bicyclic) bond motifs is 1. The van der Waals surface area contributed by atoms with Gasteiger partial charge in [-0.05, 0) is 42.5 Å². The van der Waals surface area contributed by atoms with Crippen molar-refractivity contribution >= 4 is 28.4 Å². The molecule has 0 saturated carbocycles. The molecule has 0 bridgehead atoms. The Balaban J connectivity index is 1.66. The summed E-state index contributed by atoms with van der Waals surface area (Å²) >= 11 is 0. The Labute approximate surface area is 148 Å². The number of aromatic nitrogens is 3. The van der Waals surface area contributed by atoms with Gasteiger partial charge in [0.2, 0.25) is 0 Å². The van der Waals surface area contributed by atoms with Gasteiger partial charge >= 0.3 is 0 Å². The van der Waals surface area contributed by atoms with Gasteiger partial charge in [-0.15, -0.1) is 0 Å². The zero-order valence-electron chi connectivity index (χ0n) is 13.6. The summed E-state index contributed by atoms with van der Waals surface area (Å²) in [6.45, 7) is 0. The van der Waals surface area contributed by atoms with E-state index in [1.807, 2.05) is 0 Å². The van der Waals surface area contributed by atoms with Crippen LogP contribution in [0.4, 0.5) is 11.5 Å². The molecule has 0 spiro atoms. The quantitative estimate of drug-likeness (QED) is 0.426. The second-order valence-corrected chi connectivity index (χ2v) is 5.76. The molecule has 0 fully saturated rings. The van der Waals surface area contributed by atoms with Crippen LogP contribution in [0.2, 0.25) is 0 Å². The number of benzene rings is 2. The molecular formula is C19H15N5O2. The molecule has 2 heterocycles. The van der Waals surface area contributed by atoms with Crippen molar-refractivity contribution in [3.8, 4) is 17.1 Å². The number of nitrogens with one attached hydrogen (secondary N) is 2. The molecule has 0 atom stereocenters. The molecule has 26 heavy (non-hydrogen) atoms. The Kier molecular flexibility index (Phi) is 3.74. The van der Waals surface area contributed by atoms with Gasteiger partial charge in [0.25, 0.3) is 5.91 Å². The second kappa shape index (κ2) is 6.21. The molecule has 7 heteroatoms. The molecule has 0 aliphatic heterocycles. The number of hydrogen-bond acceptors (Lipinski definition) is 5. The number of nitrogens with two attached hydrogens (primary N) is 1. The van der Waals surface area contributed by atoms with E-state index in [1.54, 1.807) is 54.7 Å². The third kappa shape index (κ3) is 2.93. The van der Waals surface area contributed by atoms with Gasteiger partial charge in [0.15, 0.2) is 0 Å². The minimum atomic E-state index is -0.267. The molecule has 4 aromatic rings. The fraction of sp³-hybridized carbons (Fsp3) is 0. The molecule has 0 radical (unpaired) electrons. The first-order valence-electron chi connectivity index (χ1n) is 7.91. The first-order valence-corrected chi connectivity index (χ1v) is 7.91. The Morgan fingerprint density at radius 1 is 1.12 bits per heavy atom. The lowest BCUT2D eigenvalue weighted by atomic mass is 10.2. The van der Waals surface area contributed by atoms with Crippen LogP contribution in [0.5, 0.6) is 5.75 Å². The zero-order chi connectivity index (χ0) is 18.1. The van der Waals surface area contributed by atoms with E-state index in [0.717, 1.165) is 0 Å². The van der Waals surface area contributed by atoms with Gasteiger partial charge in [0.1, 0.15) is 17.4 Å². The van der Waals surface area contributed by atoms with E-state index in [0.29, 0.717) is 39.5 Å². The Morgan fingerprint density at radius 3 is 2.77 bits per heavy atom. The molecule has 7 nitrogen and oxygen atoms in total. The maximum absolute atomic E-state index is 12.4. The molecule has 0 saturated heterocycles. The number of aromatic amines is 1. The first-order chi connectivity index (χ1) is 12.6. The van der Waals surface area contributed by atoms with E-state index in [9.17, 15) is 9.90 Å². The Morgan fingerprint density at radius 2 is 2.00 bits per heavy atom. The van der Waals surface area contributed by atoms with Crippen LogP contribution in [0, 0.1) is 0 Å². The molecule has 0 aliphatic carbocycles. The van der Waals surface area contributed by atoms with Crippen molar-refractivity contribution in [3.05, 3.63) is 66.4 Å². The number of aromatic hydroxyl groups is 1. The lowest BCUT2D eigenvalue weighted by Gasteiger charge is -2.03. The number of H-pyrrole nitrogens is 1. The number of phenolic OH excluding ortho intramolecular Hbond substituents is 1. The smallest absolute Gasteiger partial charge is 0.256 e. The number of rotatable bonds is 3. The SMILES string of the molecule is Nc1ccc(-c2nc3ccc(C(=O)Nc4ccccn4)cc3[nH]2)c(O)c1. The zero-order valence-corrected chi connectivity index (χ0v) is 13.6. The van der Waals surface area contributed by atoms with Crippen LogP contribution in [0.25, 0.3) is 22.4 Å². The number of pyridine rings is 1. The number of carbonyl (C=O) groups is 1. The van der Waals surface area contributed by atoms with Gasteiger partial charge in [-0.25, -0.2) is 9.97 Å². The summed E-state index contributed by atoms with van der Waals surface area (Å²) in [6.07, 6.45) is 1.61. The highest BCUT2D eigenvalue weighted by Gasteiger charge is 2.12. The largest absolute Gasteiger partial charge is 0.507 e. The highest BCUT2D eigenvalue weighted by Crippen LogP contribution is 2.30. The van der Waals surface area contributed by atoms with Crippen LogP contribution in [-0.2, 0) is 0 Å². The van der Waals surface area contributed by atoms with Crippen molar-refractivity contribution in [2.45, 2.75) is 0 Å². The summed E-state index contributed by atoms with van der Waals surface area (Å²) in [4.78, 5) is 24.0. The molecular weight excluding hydrogens is 330 g/mol.